The van der Waals surface area contributed by atoms with E-state index in [4.69, 9.17) is 37.1 Å². The third-order valence-corrected chi connectivity index (χ3v) is 7.30. The number of nitro benzene ring substituents is 1. The van der Waals surface area contributed by atoms with Crippen LogP contribution in [0.2, 0.25) is 10.0 Å². The minimum absolute atomic E-state index is 0.0461. The molecule has 4 rings (SSSR count). The van der Waals surface area contributed by atoms with Crippen LogP contribution in [0.1, 0.15) is 16.9 Å². The van der Waals surface area contributed by atoms with E-state index in [0.29, 0.717) is 22.6 Å². The van der Waals surface area contributed by atoms with Crippen LogP contribution < -0.4 is 4.74 Å². The topological polar surface area (TPSA) is 112 Å². The van der Waals surface area contributed by atoms with Crippen molar-refractivity contribution >= 4 is 38.9 Å². The van der Waals surface area contributed by atoms with E-state index < -0.39 is 14.9 Å². The molecule has 2 aromatic carbocycles. The molecule has 1 aromatic heterocycles. The number of nitro groups is 1. The molecule has 0 fully saturated rings. The van der Waals surface area contributed by atoms with Crippen molar-refractivity contribution in [3.8, 4) is 5.75 Å². The molecule has 2 heterocycles. The van der Waals surface area contributed by atoms with Crippen LogP contribution in [-0.2, 0) is 34.5 Å². The van der Waals surface area contributed by atoms with Gasteiger partial charge in [0.25, 0.3) is 5.69 Å². The van der Waals surface area contributed by atoms with Crippen LogP contribution in [0.25, 0.3) is 0 Å². The molecule has 1 aliphatic heterocycles. The first-order chi connectivity index (χ1) is 15.3. The van der Waals surface area contributed by atoms with Crippen molar-refractivity contribution in [3.63, 3.8) is 0 Å². The van der Waals surface area contributed by atoms with Gasteiger partial charge < -0.3 is 13.9 Å². The Morgan fingerprint density at radius 2 is 1.91 bits per heavy atom. The number of non-ortho nitro benzene ring substituents is 1. The fourth-order valence-electron chi connectivity index (χ4n) is 3.28. The first kappa shape index (κ1) is 22.6. The van der Waals surface area contributed by atoms with Crippen LogP contribution in [0.3, 0.4) is 0 Å². The number of nitrogens with zero attached hydrogens (tertiary/aromatic N) is 2. The molecule has 1 aliphatic rings. The van der Waals surface area contributed by atoms with E-state index >= 15 is 0 Å². The zero-order valence-electron chi connectivity index (χ0n) is 16.4. The van der Waals surface area contributed by atoms with E-state index in [1.165, 1.54) is 36.6 Å². The molecular formula is C20H16Cl2N2O7S. The Morgan fingerprint density at radius 1 is 1.09 bits per heavy atom. The van der Waals surface area contributed by atoms with Crippen molar-refractivity contribution in [2.45, 2.75) is 24.6 Å². The predicted molar refractivity (Wildman–Crippen MR) is 115 cm³/mol. The molecule has 0 amide bonds. The van der Waals surface area contributed by atoms with E-state index in [0.717, 1.165) is 4.31 Å². The zero-order chi connectivity index (χ0) is 22.9. The lowest BCUT2D eigenvalue weighted by atomic mass is 10.1. The highest BCUT2D eigenvalue weighted by Gasteiger charge is 2.30. The highest BCUT2D eigenvalue weighted by molar-refractivity contribution is 7.89. The van der Waals surface area contributed by atoms with Crippen molar-refractivity contribution in [2.75, 3.05) is 6.79 Å². The summed E-state index contributed by atoms with van der Waals surface area (Å²) in [6.45, 7) is -0.270. The fourth-order valence-corrected chi connectivity index (χ4v) is 5.06. The van der Waals surface area contributed by atoms with Crippen molar-refractivity contribution in [1.82, 2.24) is 4.31 Å². The van der Waals surface area contributed by atoms with Crippen LogP contribution in [-0.4, -0.2) is 24.4 Å². The summed E-state index contributed by atoms with van der Waals surface area (Å²) >= 11 is 12.0. The molecule has 32 heavy (non-hydrogen) atoms. The molecule has 0 saturated heterocycles. The highest BCUT2D eigenvalue weighted by Crippen LogP contribution is 2.35. The van der Waals surface area contributed by atoms with Crippen LogP contribution in [0.4, 0.5) is 5.69 Å². The average Bonchev–Trinajstić information content (AvgIpc) is 3.28. The lowest BCUT2D eigenvalue weighted by Gasteiger charge is -2.25. The molecule has 3 aromatic rings. The van der Waals surface area contributed by atoms with Crippen molar-refractivity contribution in [3.05, 3.63) is 85.8 Å². The maximum Gasteiger partial charge on any atom is 0.270 e. The summed E-state index contributed by atoms with van der Waals surface area (Å²) in [7, 11) is -4.10. The van der Waals surface area contributed by atoms with Crippen molar-refractivity contribution in [1.29, 1.82) is 0 Å². The monoisotopic (exact) mass is 498 g/mol. The van der Waals surface area contributed by atoms with Gasteiger partial charge in [-0.1, -0.05) is 23.2 Å². The first-order valence-electron chi connectivity index (χ1n) is 9.24. The van der Waals surface area contributed by atoms with E-state index in [2.05, 4.69) is 0 Å². The summed E-state index contributed by atoms with van der Waals surface area (Å²) in [5.74, 6) is 0.743. The Hall–Kier alpha value is -2.63. The molecule has 12 heteroatoms. The van der Waals surface area contributed by atoms with Crippen LogP contribution in [0, 0.1) is 10.1 Å². The third kappa shape index (κ3) is 4.59. The summed E-state index contributed by atoms with van der Waals surface area (Å²) in [4.78, 5) is 10.8. The van der Waals surface area contributed by atoms with Crippen molar-refractivity contribution in [2.24, 2.45) is 0 Å². The van der Waals surface area contributed by atoms with Gasteiger partial charge in [0.1, 0.15) is 11.5 Å². The van der Waals surface area contributed by atoms with Gasteiger partial charge in [-0.15, -0.1) is 0 Å². The van der Waals surface area contributed by atoms with Gasteiger partial charge in [0.15, 0.2) is 6.79 Å². The Labute approximate surface area is 193 Å². The predicted octanol–water partition coefficient (Wildman–Crippen LogP) is 4.75. The lowest BCUT2D eigenvalue weighted by Crippen LogP contribution is -2.31. The second kappa shape index (κ2) is 9.08. The van der Waals surface area contributed by atoms with Gasteiger partial charge >= 0.3 is 0 Å². The van der Waals surface area contributed by atoms with Gasteiger partial charge in [-0.05, 0) is 30.3 Å². The number of ether oxygens (including phenoxy) is 2. The van der Waals surface area contributed by atoms with Gasteiger partial charge in [0, 0.05) is 29.8 Å². The van der Waals surface area contributed by atoms with Gasteiger partial charge in [-0.2, -0.15) is 4.31 Å². The van der Waals surface area contributed by atoms with Crippen molar-refractivity contribution < 1.29 is 27.2 Å². The summed E-state index contributed by atoms with van der Waals surface area (Å²) in [5, 5.41) is 11.7. The lowest BCUT2D eigenvalue weighted by molar-refractivity contribution is -0.385. The van der Waals surface area contributed by atoms with Gasteiger partial charge in [0.05, 0.1) is 39.3 Å². The number of furan rings is 1. The highest BCUT2D eigenvalue weighted by atomic mass is 35.5. The number of halogens is 2. The van der Waals surface area contributed by atoms with Crippen LogP contribution in [0.5, 0.6) is 5.75 Å². The molecule has 0 spiro atoms. The maximum atomic E-state index is 13.5. The fraction of sp³-hybridized carbons (Fsp3) is 0.200. The van der Waals surface area contributed by atoms with Crippen LogP contribution >= 0.6 is 23.2 Å². The van der Waals surface area contributed by atoms with Gasteiger partial charge in [0.2, 0.25) is 10.0 Å². The maximum absolute atomic E-state index is 13.5. The van der Waals surface area contributed by atoms with E-state index in [-0.39, 0.29) is 47.1 Å². The third-order valence-electron chi connectivity index (χ3n) is 4.77. The molecule has 0 bridgehead atoms. The molecule has 0 atom stereocenters. The number of fused-ring (bicyclic) bond motifs is 1. The summed E-state index contributed by atoms with van der Waals surface area (Å²) in [5.41, 5.74) is 0.593. The average molecular weight is 499 g/mol. The number of hydrogen-bond donors (Lipinski definition) is 0. The largest absolute Gasteiger partial charge is 0.468 e. The summed E-state index contributed by atoms with van der Waals surface area (Å²) < 4.78 is 44.2. The second-order valence-electron chi connectivity index (χ2n) is 6.89. The zero-order valence-corrected chi connectivity index (χ0v) is 18.7. The molecule has 0 aliphatic carbocycles. The number of benzene rings is 2. The molecule has 0 radical (unpaired) electrons. The quantitative estimate of drug-likeness (QED) is 0.341. The van der Waals surface area contributed by atoms with Gasteiger partial charge in [-0.3, -0.25) is 10.1 Å². The summed E-state index contributed by atoms with van der Waals surface area (Å²) in [6, 6.07) is 9.89. The molecule has 0 unspecified atom stereocenters. The number of sulfonamides is 1. The molecule has 9 nitrogen and oxygen atoms in total. The van der Waals surface area contributed by atoms with Gasteiger partial charge in [-0.25, -0.2) is 8.42 Å². The minimum atomic E-state index is -4.10. The Morgan fingerprint density at radius 3 is 2.59 bits per heavy atom. The Kier molecular flexibility index (Phi) is 6.40. The minimum Gasteiger partial charge on any atom is -0.468 e. The van der Waals surface area contributed by atoms with E-state index in [1.807, 2.05) is 0 Å². The molecular weight excluding hydrogens is 483 g/mol. The SMILES string of the molecule is O=[N+]([O-])c1cc2c(c(CN(Cc3ccco3)S(=O)(=O)c3ccc(Cl)c(Cl)c3)c1)OCOC2. The normalized spacial score (nSPS) is 13.6. The summed E-state index contributed by atoms with van der Waals surface area (Å²) in [6.07, 6.45) is 1.43. The molecule has 0 saturated carbocycles. The van der Waals surface area contributed by atoms with E-state index in [1.54, 1.807) is 12.1 Å². The molecule has 168 valence electrons. The smallest absolute Gasteiger partial charge is 0.270 e. The standard InChI is InChI=1S/C20H16Cl2N2O7S/c21-18-4-3-17(8-19(18)22)32(27,28)23(10-16-2-1-5-30-16)9-13-6-15(24(25)26)7-14-11-29-12-31-20(13)14/h1-8H,9-12H2. The Balaban J connectivity index is 1.79. The number of hydrogen-bond acceptors (Lipinski definition) is 7. The van der Waals surface area contributed by atoms with Crippen LogP contribution in [0.15, 0.2) is 58.0 Å². The first-order valence-corrected chi connectivity index (χ1v) is 11.4. The number of rotatable bonds is 7. The Bertz CT molecular complexity index is 1260. The van der Waals surface area contributed by atoms with E-state index in [9.17, 15) is 18.5 Å². The molecule has 0 N–H and O–H groups in total. The second-order valence-corrected chi connectivity index (χ2v) is 9.64.